The molecule has 0 unspecified atom stereocenters. The minimum absolute atomic E-state index is 0.250. The van der Waals surface area contributed by atoms with Crippen molar-refractivity contribution in [1.29, 1.82) is 0 Å². The maximum Gasteiger partial charge on any atom is 0.265 e. The molecule has 1 aromatic carbocycles. The van der Waals surface area contributed by atoms with Crippen LogP contribution in [-0.2, 0) is 0 Å². The maximum absolute atomic E-state index is 13.0. The maximum atomic E-state index is 13.0. The fourth-order valence-corrected chi connectivity index (χ4v) is 4.59. The second-order valence-electron chi connectivity index (χ2n) is 7.61. The Labute approximate surface area is 193 Å². The average molecular weight is 464 g/mol. The van der Waals surface area contributed by atoms with Gasteiger partial charge in [-0.3, -0.25) is 14.9 Å². The molecule has 4 aromatic rings. The van der Waals surface area contributed by atoms with Crippen LogP contribution >= 0.6 is 11.3 Å². The van der Waals surface area contributed by atoms with Gasteiger partial charge in [-0.2, -0.15) is 0 Å². The number of carbonyl (C=O) groups is 2. The van der Waals surface area contributed by atoms with Crippen molar-refractivity contribution in [2.45, 2.75) is 13.8 Å². The number of benzene rings is 1. The molecule has 0 atom stereocenters. The molecule has 33 heavy (non-hydrogen) atoms. The minimum atomic E-state index is -0.543. The van der Waals surface area contributed by atoms with Gasteiger partial charge in [0.1, 0.15) is 18.9 Å². The summed E-state index contributed by atoms with van der Waals surface area (Å²) in [6.07, 6.45) is 1.65. The van der Waals surface area contributed by atoms with Crippen LogP contribution in [0.3, 0.4) is 0 Å². The Balaban J connectivity index is 1.38. The van der Waals surface area contributed by atoms with Gasteiger partial charge in [-0.15, -0.1) is 11.3 Å². The highest BCUT2D eigenvalue weighted by Gasteiger charge is 2.20. The third kappa shape index (κ3) is 3.85. The number of primary amides is 1. The summed E-state index contributed by atoms with van der Waals surface area (Å²) in [5.74, 6) is 0.616. The molecule has 3 aromatic heterocycles. The fourth-order valence-electron chi connectivity index (χ4n) is 3.87. The van der Waals surface area contributed by atoms with Crippen molar-refractivity contribution >= 4 is 28.3 Å². The molecule has 0 saturated carbocycles. The Bertz CT molecular complexity index is 1380. The van der Waals surface area contributed by atoms with Crippen molar-refractivity contribution in [3.63, 3.8) is 0 Å². The van der Waals surface area contributed by atoms with Gasteiger partial charge in [0.05, 0.1) is 11.3 Å². The molecule has 9 nitrogen and oxygen atoms in total. The lowest BCUT2D eigenvalue weighted by atomic mass is 10.2. The molecule has 2 amide bonds. The lowest BCUT2D eigenvalue weighted by Crippen LogP contribution is -2.16. The predicted molar refractivity (Wildman–Crippen MR) is 125 cm³/mol. The van der Waals surface area contributed by atoms with Crippen molar-refractivity contribution < 1.29 is 19.1 Å². The SMILES string of the molecule is Cc1cc(C(=O)Nc2nc(-c3c[nH]c(C(N)=O)c3)cs2)c(C)n1-c1ccc2c(c1)OCCO2. The largest absolute Gasteiger partial charge is 0.486 e. The molecule has 0 bridgehead atoms. The van der Waals surface area contributed by atoms with Gasteiger partial charge >= 0.3 is 0 Å². The number of H-pyrrole nitrogens is 1. The first-order valence-electron chi connectivity index (χ1n) is 10.2. The van der Waals surface area contributed by atoms with Crippen molar-refractivity contribution in [2.75, 3.05) is 18.5 Å². The van der Waals surface area contributed by atoms with Crippen LogP contribution < -0.4 is 20.5 Å². The molecule has 5 rings (SSSR count). The summed E-state index contributed by atoms with van der Waals surface area (Å²) in [5, 5.41) is 5.14. The molecule has 168 valence electrons. The summed E-state index contributed by atoms with van der Waals surface area (Å²) in [6, 6.07) is 9.22. The molecule has 0 spiro atoms. The van der Waals surface area contributed by atoms with E-state index in [9.17, 15) is 9.59 Å². The quantitative estimate of drug-likeness (QED) is 0.417. The normalized spacial score (nSPS) is 12.5. The molecule has 0 aliphatic carbocycles. The zero-order valence-electron chi connectivity index (χ0n) is 18.0. The van der Waals surface area contributed by atoms with E-state index in [1.165, 1.54) is 11.3 Å². The summed E-state index contributed by atoms with van der Waals surface area (Å²) in [5.41, 5.74) is 10.1. The van der Waals surface area contributed by atoms with Crippen LogP contribution in [0.2, 0.25) is 0 Å². The van der Waals surface area contributed by atoms with Crippen molar-refractivity contribution in [3.05, 3.63) is 64.6 Å². The highest BCUT2D eigenvalue weighted by atomic mass is 32.1. The third-order valence-corrected chi connectivity index (χ3v) is 6.19. The zero-order valence-corrected chi connectivity index (χ0v) is 18.8. The van der Waals surface area contributed by atoms with Gasteiger partial charge < -0.3 is 24.8 Å². The Kier molecular flexibility index (Phi) is 5.14. The first kappa shape index (κ1) is 20.8. The van der Waals surface area contributed by atoms with Crippen LogP contribution in [0.15, 0.2) is 41.9 Å². The number of ether oxygens (including phenoxy) is 2. The number of nitrogens with zero attached hydrogens (tertiary/aromatic N) is 2. The third-order valence-electron chi connectivity index (χ3n) is 5.43. The number of rotatable bonds is 5. The van der Waals surface area contributed by atoms with E-state index in [1.54, 1.807) is 12.3 Å². The lowest BCUT2D eigenvalue weighted by molar-refractivity contribution is 0.0993. The molecule has 1 aliphatic heterocycles. The highest BCUT2D eigenvalue weighted by molar-refractivity contribution is 7.14. The number of nitrogens with one attached hydrogen (secondary N) is 2. The molecule has 0 saturated heterocycles. The van der Waals surface area contributed by atoms with E-state index in [0.29, 0.717) is 41.0 Å². The van der Waals surface area contributed by atoms with Crippen molar-refractivity contribution in [3.8, 4) is 28.4 Å². The van der Waals surface area contributed by atoms with E-state index >= 15 is 0 Å². The van der Waals surface area contributed by atoms with E-state index in [0.717, 1.165) is 28.4 Å². The van der Waals surface area contributed by atoms with Crippen LogP contribution in [0.4, 0.5) is 5.13 Å². The van der Waals surface area contributed by atoms with E-state index in [1.807, 2.05) is 48.1 Å². The predicted octanol–water partition coefficient (Wildman–Crippen LogP) is 3.67. The first-order valence-corrected chi connectivity index (χ1v) is 11.1. The average Bonchev–Trinajstić information content (AvgIpc) is 3.52. The van der Waals surface area contributed by atoms with Gasteiger partial charge in [0.25, 0.3) is 11.8 Å². The van der Waals surface area contributed by atoms with Gasteiger partial charge in [-0.25, -0.2) is 4.98 Å². The van der Waals surface area contributed by atoms with Gasteiger partial charge in [-0.05, 0) is 38.1 Å². The van der Waals surface area contributed by atoms with Gasteiger partial charge in [0, 0.05) is 40.3 Å². The Morgan fingerprint density at radius 1 is 1.15 bits per heavy atom. The summed E-state index contributed by atoms with van der Waals surface area (Å²) in [6.45, 7) is 4.89. The summed E-state index contributed by atoms with van der Waals surface area (Å²) < 4.78 is 13.3. The summed E-state index contributed by atoms with van der Waals surface area (Å²) in [7, 11) is 0. The van der Waals surface area contributed by atoms with Crippen LogP contribution in [0.25, 0.3) is 16.9 Å². The summed E-state index contributed by atoms with van der Waals surface area (Å²) >= 11 is 1.30. The van der Waals surface area contributed by atoms with E-state index < -0.39 is 5.91 Å². The van der Waals surface area contributed by atoms with Crippen LogP contribution in [0, 0.1) is 13.8 Å². The van der Waals surface area contributed by atoms with Crippen LogP contribution in [0.1, 0.15) is 32.2 Å². The fraction of sp³-hybridized carbons (Fsp3) is 0.174. The number of fused-ring (bicyclic) bond motifs is 1. The molecule has 0 radical (unpaired) electrons. The highest BCUT2D eigenvalue weighted by Crippen LogP contribution is 2.34. The molecule has 4 heterocycles. The van der Waals surface area contributed by atoms with E-state index in [2.05, 4.69) is 15.3 Å². The number of hydrogen-bond donors (Lipinski definition) is 3. The number of aromatic amines is 1. The molecule has 1 aliphatic rings. The Hall–Kier alpha value is -4.05. The van der Waals surface area contributed by atoms with Crippen molar-refractivity contribution in [1.82, 2.24) is 14.5 Å². The second kappa shape index (κ2) is 8.14. The first-order chi connectivity index (χ1) is 15.9. The van der Waals surface area contributed by atoms with Gasteiger partial charge in [-0.1, -0.05) is 0 Å². The number of aromatic nitrogens is 3. The number of hydrogen-bond acceptors (Lipinski definition) is 6. The number of anilines is 1. The van der Waals surface area contributed by atoms with Gasteiger partial charge in [0.2, 0.25) is 0 Å². The second-order valence-corrected chi connectivity index (χ2v) is 8.46. The number of amides is 2. The monoisotopic (exact) mass is 463 g/mol. The Morgan fingerprint density at radius 3 is 2.70 bits per heavy atom. The topological polar surface area (TPSA) is 124 Å². The van der Waals surface area contributed by atoms with Gasteiger partial charge in [0.15, 0.2) is 16.6 Å². The Morgan fingerprint density at radius 2 is 1.94 bits per heavy atom. The minimum Gasteiger partial charge on any atom is -0.486 e. The number of nitrogens with two attached hydrogens (primary N) is 1. The molecule has 4 N–H and O–H groups in total. The lowest BCUT2D eigenvalue weighted by Gasteiger charge is -2.20. The number of aryl methyl sites for hydroxylation is 1. The standard InChI is InChI=1S/C23H21N5O4S/c1-12-7-16(13(2)28(12)15-3-4-19-20(9-15)32-6-5-31-19)22(30)27-23-26-18(11-33-23)14-8-17(21(24)29)25-10-14/h3-4,7-11,25H,5-6H2,1-2H3,(H2,24,29)(H,26,27,30). The molecule has 0 fully saturated rings. The van der Waals surface area contributed by atoms with Crippen molar-refractivity contribution in [2.24, 2.45) is 5.73 Å². The van der Waals surface area contributed by atoms with Crippen LogP contribution in [0.5, 0.6) is 11.5 Å². The van der Waals surface area contributed by atoms with E-state index in [4.69, 9.17) is 15.2 Å². The number of thiazole rings is 1. The molecule has 10 heteroatoms. The summed E-state index contributed by atoms with van der Waals surface area (Å²) in [4.78, 5) is 31.6. The zero-order chi connectivity index (χ0) is 23.1. The smallest absolute Gasteiger partial charge is 0.265 e. The molecular formula is C23H21N5O4S. The van der Waals surface area contributed by atoms with E-state index in [-0.39, 0.29) is 5.91 Å². The molecular weight excluding hydrogens is 442 g/mol. The number of carbonyl (C=O) groups excluding carboxylic acids is 2. The van der Waals surface area contributed by atoms with Crippen LogP contribution in [-0.4, -0.2) is 39.6 Å².